The number of carboxylic acids is 1. The molecule has 1 amide bonds. The lowest BCUT2D eigenvalue weighted by Crippen LogP contribution is -2.40. The molecule has 108 valence electrons. The Bertz CT molecular complexity index is 631. The molecule has 0 heterocycles. The SMILES string of the molecule is CN(C(=O)[C@@H]1CC=CC[C@@H]1C(=O)O)c1ccccc1C#N. The fraction of sp³-hybridized carbons (Fsp3) is 0.312. The molecule has 1 aromatic carbocycles. The minimum atomic E-state index is -0.959. The van der Waals surface area contributed by atoms with Gasteiger partial charge in [0.15, 0.2) is 0 Å². The molecule has 5 heteroatoms. The zero-order valence-corrected chi connectivity index (χ0v) is 11.7. The first kappa shape index (κ1) is 14.8. The molecule has 0 unspecified atom stereocenters. The Labute approximate surface area is 123 Å². The van der Waals surface area contributed by atoms with Crippen molar-refractivity contribution in [1.82, 2.24) is 0 Å². The third-order valence-corrected chi connectivity index (χ3v) is 3.78. The van der Waals surface area contributed by atoms with E-state index >= 15 is 0 Å². The molecule has 1 N–H and O–H groups in total. The third-order valence-electron chi connectivity index (χ3n) is 3.78. The van der Waals surface area contributed by atoms with E-state index in [-0.39, 0.29) is 5.91 Å². The lowest BCUT2D eigenvalue weighted by molar-refractivity contribution is -0.146. The van der Waals surface area contributed by atoms with Crippen LogP contribution >= 0.6 is 0 Å². The average Bonchev–Trinajstić information content (AvgIpc) is 2.53. The van der Waals surface area contributed by atoms with Gasteiger partial charge < -0.3 is 10.0 Å². The summed E-state index contributed by atoms with van der Waals surface area (Å²) in [5.74, 6) is -2.53. The quantitative estimate of drug-likeness (QED) is 0.863. The van der Waals surface area contributed by atoms with Crippen molar-refractivity contribution in [2.75, 3.05) is 11.9 Å². The van der Waals surface area contributed by atoms with Gasteiger partial charge in [0.2, 0.25) is 5.91 Å². The molecule has 5 nitrogen and oxygen atoms in total. The molecule has 0 aromatic heterocycles. The number of amides is 1. The van der Waals surface area contributed by atoms with Crippen LogP contribution < -0.4 is 4.90 Å². The topological polar surface area (TPSA) is 81.4 Å². The molecule has 0 radical (unpaired) electrons. The van der Waals surface area contributed by atoms with Crippen LogP contribution in [-0.4, -0.2) is 24.0 Å². The van der Waals surface area contributed by atoms with Crippen molar-refractivity contribution in [3.63, 3.8) is 0 Å². The second kappa shape index (κ2) is 6.23. The molecule has 2 rings (SSSR count). The van der Waals surface area contributed by atoms with Gasteiger partial charge in [0.1, 0.15) is 6.07 Å². The highest BCUT2D eigenvalue weighted by molar-refractivity contribution is 5.98. The molecule has 0 spiro atoms. The highest BCUT2D eigenvalue weighted by Gasteiger charge is 2.36. The van der Waals surface area contributed by atoms with Crippen molar-refractivity contribution in [1.29, 1.82) is 5.26 Å². The molecular weight excluding hydrogens is 268 g/mol. The van der Waals surface area contributed by atoms with Crippen LogP contribution in [0.5, 0.6) is 0 Å². The van der Waals surface area contributed by atoms with E-state index in [1.807, 2.05) is 12.1 Å². The summed E-state index contributed by atoms with van der Waals surface area (Å²) in [4.78, 5) is 25.3. The normalized spacial score (nSPS) is 20.6. The van der Waals surface area contributed by atoms with E-state index in [9.17, 15) is 14.7 Å². The predicted molar refractivity (Wildman–Crippen MR) is 77.6 cm³/mol. The summed E-state index contributed by atoms with van der Waals surface area (Å²) >= 11 is 0. The van der Waals surface area contributed by atoms with E-state index < -0.39 is 17.8 Å². The number of carbonyl (C=O) groups is 2. The number of nitriles is 1. The number of carboxylic acid groups (broad SMARTS) is 1. The molecule has 1 aromatic rings. The van der Waals surface area contributed by atoms with Gasteiger partial charge >= 0.3 is 5.97 Å². The van der Waals surface area contributed by atoms with Gasteiger partial charge in [0.25, 0.3) is 0 Å². The van der Waals surface area contributed by atoms with Gasteiger partial charge in [-0.15, -0.1) is 0 Å². The number of hydrogen-bond acceptors (Lipinski definition) is 3. The van der Waals surface area contributed by atoms with Gasteiger partial charge in [-0.05, 0) is 25.0 Å². The number of aliphatic carboxylic acids is 1. The van der Waals surface area contributed by atoms with E-state index in [0.29, 0.717) is 24.1 Å². The smallest absolute Gasteiger partial charge is 0.307 e. The summed E-state index contributed by atoms with van der Waals surface area (Å²) in [6, 6.07) is 8.83. The molecule has 2 atom stereocenters. The molecule has 21 heavy (non-hydrogen) atoms. The molecule has 1 aliphatic rings. The van der Waals surface area contributed by atoms with Crippen LogP contribution in [0, 0.1) is 23.2 Å². The van der Waals surface area contributed by atoms with Crippen molar-refractivity contribution < 1.29 is 14.7 Å². The molecule has 0 saturated heterocycles. The number of carbonyl (C=O) groups excluding carboxylic acids is 1. The number of allylic oxidation sites excluding steroid dienone is 2. The number of nitrogens with zero attached hydrogens (tertiary/aromatic N) is 2. The second-order valence-electron chi connectivity index (χ2n) is 5.02. The molecule has 0 bridgehead atoms. The summed E-state index contributed by atoms with van der Waals surface area (Å²) in [7, 11) is 1.58. The number of para-hydroxylation sites is 1. The predicted octanol–water partition coefficient (Wildman–Crippen LogP) is 2.19. The third kappa shape index (κ3) is 2.95. The summed E-state index contributed by atoms with van der Waals surface area (Å²) in [6.45, 7) is 0. The van der Waals surface area contributed by atoms with Crippen LogP contribution in [0.4, 0.5) is 5.69 Å². The zero-order chi connectivity index (χ0) is 15.4. The monoisotopic (exact) mass is 284 g/mol. The van der Waals surface area contributed by atoms with Gasteiger partial charge in [-0.1, -0.05) is 24.3 Å². The Morgan fingerprint density at radius 1 is 1.24 bits per heavy atom. The Balaban J connectivity index is 2.28. The van der Waals surface area contributed by atoms with Crippen molar-refractivity contribution >= 4 is 17.6 Å². The number of rotatable bonds is 3. The van der Waals surface area contributed by atoms with E-state index in [0.717, 1.165) is 0 Å². The highest BCUT2D eigenvalue weighted by atomic mass is 16.4. The summed E-state index contributed by atoms with van der Waals surface area (Å²) in [6.07, 6.45) is 4.41. The number of benzene rings is 1. The van der Waals surface area contributed by atoms with Gasteiger partial charge in [0, 0.05) is 7.05 Å². The first-order chi connectivity index (χ1) is 10.1. The first-order valence-corrected chi connectivity index (χ1v) is 6.70. The van der Waals surface area contributed by atoms with Crippen molar-refractivity contribution in [2.45, 2.75) is 12.8 Å². The van der Waals surface area contributed by atoms with Crippen molar-refractivity contribution in [3.8, 4) is 6.07 Å². The maximum atomic E-state index is 12.6. The fourth-order valence-corrected chi connectivity index (χ4v) is 2.59. The second-order valence-corrected chi connectivity index (χ2v) is 5.02. The van der Waals surface area contributed by atoms with Crippen LogP contribution in [0.15, 0.2) is 36.4 Å². The number of hydrogen-bond donors (Lipinski definition) is 1. The Morgan fingerprint density at radius 3 is 2.48 bits per heavy atom. The minimum absolute atomic E-state index is 0.269. The van der Waals surface area contributed by atoms with Crippen LogP contribution in [0.3, 0.4) is 0 Å². The maximum absolute atomic E-state index is 12.6. The van der Waals surface area contributed by atoms with E-state index in [1.165, 1.54) is 4.90 Å². The lowest BCUT2D eigenvalue weighted by Gasteiger charge is -2.29. The van der Waals surface area contributed by atoms with Crippen LogP contribution in [0.1, 0.15) is 18.4 Å². The van der Waals surface area contributed by atoms with E-state index in [4.69, 9.17) is 5.26 Å². The van der Waals surface area contributed by atoms with Crippen molar-refractivity contribution in [3.05, 3.63) is 42.0 Å². The van der Waals surface area contributed by atoms with E-state index in [1.54, 1.807) is 37.4 Å². The lowest BCUT2D eigenvalue weighted by atomic mass is 9.82. The summed E-state index contributed by atoms with van der Waals surface area (Å²) < 4.78 is 0. The van der Waals surface area contributed by atoms with Crippen molar-refractivity contribution in [2.24, 2.45) is 11.8 Å². The molecule has 0 saturated carbocycles. The first-order valence-electron chi connectivity index (χ1n) is 6.70. The molecule has 0 aliphatic heterocycles. The molecular formula is C16H16N2O3. The van der Waals surface area contributed by atoms with Gasteiger partial charge in [-0.2, -0.15) is 5.26 Å². The van der Waals surface area contributed by atoms with Crippen LogP contribution in [0.2, 0.25) is 0 Å². The Kier molecular flexibility index (Phi) is 4.39. The standard InChI is InChI=1S/C16H16N2O3/c1-18(14-9-5-2-6-11(14)10-17)15(19)12-7-3-4-8-13(12)16(20)21/h2-6,9,12-13H,7-8H2,1H3,(H,20,21)/t12-,13+/m1/s1. The molecule has 1 aliphatic carbocycles. The summed E-state index contributed by atoms with van der Waals surface area (Å²) in [5.41, 5.74) is 0.898. The van der Waals surface area contributed by atoms with Gasteiger partial charge in [0.05, 0.1) is 23.1 Å². The Hall–Kier alpha value is -2.61. The van der Waals surface area contributed by atoms with Crippen LogP contribution in [0.25, 0.3) is 0 Å². The summed E-state index contributed by atoms with van der Waals surface area (Å²) in [5, 5.41) is 18.4. The molecule has 0 fully saturated rings. The number of anilines is 1. The maximum Gasteiger partial charge on any atom is 0.307 e. The minimum Gasteiger partial charge on any atom is -0.481 e. The Morgan fingerprint density at radius 2 is 1.86 bits per heavy atom. The fourth-order valence-electron chi connectivity index (χ4n) is 2.59. The highest BCUT2D eigenvalue weighted by Crippen LogP contribution is 2.29. The zero-order valence-electron chi connectivity index (χ0n) is 11.7. The van der Waals surface area contributed by atoms with Gasteiger partial charge in [-0.25, -0.2) is 0 Å². The van der Waals surface area contributed by atoms with Gasteiger partial charge in [-0.3, -0.25) is 9.59 Å². The largest absolute Gasteiger partial charge is 0.481 e. The van der Waals surface area contributed by atoms with Crippen LogP contribution in [-0.2, 0) is 9.59 Å². The average molecular weight is 284 g/mol. The van der Waals surface area contributed by atoms with E-state index in [2.05, 4.69) is 0 Å².